The molecule has 0 aliphatic rings. The van der Waals surface area contributed by atoms with E-state index in [1.54, 1.807) is 6.92 Å². The maximum atomic E-state index is 5.50. The first-order valence-corrected chi connectivity index (χ1v) is 7.39. The molecular formula is C6H14Cl2O2Si. The monoisotopic (exact) mass is 216 g/mol. The van der Waals surface area contributed by atoms with E-state index in [4.69, 9.17) is 31.3 Å². The molecule has 0 radical (unpaired) electrons. The molecule has 68 valence electrons. The van der Waals surface area contributed by atoms with Crippen LogP contribution >= 0.6 is 22.2 Å². The Hall–Kier alpha value is 0.717. The number of ether oxygens (including phenoxy) is 1. The summed E-state index contributed by atoms with van der Waals surface area (Å²) in [5, 5.41) is 0. The fraction of sp³-hybridized carbons (Fsp3) is 1.00. The number of rotatable bonds is 3. The van der Waals surface area contributed by atoms with Gasteiger partial charge in [0.2, 0.25) is 0 Å². The molecule has 0 aromatic carbocycles. The van der Waals surface area contributed by atoms with Crippen LogP contribution in [0, 0.1) is 0 Å². The maximum absolute atomic E-state index is 5.50. The summed E-state index contributed by atoms with van der Waals surface area (Å²) in [6, 6.07) is 0. The second kappa shape index (κ2) is 4.67. The van der Waals surface area contributed by atoms with Crippen molar-refractivity contribution >= 4 is 29.8 Å². The van der Waals surface area contributed by atoms with Gasteiger partial charge in [-0.1, -0.05) is 0 Å². The van der Waals surface area contributed by atoms with E-state index in [2.05, 4.69) is 0 Å². The Labute approximate surface area is 78.9 Å². The van der Waals surface area contributed by atoms with E-state index < -0.39 is 7.66 Å². The Balaban J connectivity index is 3.61. The van der Waals surface area contributed by atoms with Crippen LogP contribution in [0.5, 0.6) is 0 Å². The zero-order valence-corrected chi connectivity index (χ0v) is 9.89. The predicted molar refractivity (Wildman–Crippen MR) is 50.2 cm³/mol. The van der Waals surface area contributed by atoms with Crippen LogP contribution in [0.4, 0.5) is 0 Å². The Morgan fingerprint density at radius 2 is 1.73 bits per heavy atom. The van der Waals surface area contributed by atoms with Crippen molar-refractivity contribution in [2.75, 3.05) is 0 Å². The second-order valence-electron chi connectivity index (χ2n) is 3.19. The average molecular weight is 217 g/mol. The lowest BCUT2D eigenvalue weighted by molar-refractivity contribution is -0.139. The van der Waals surface area contributed by atoms with Crippen LogP contribution in [0.25, 0.3) is 0 Å². The summed E-state index contributed by atoms with van der Waals surface area (Å²) in [5.74, 6) is 0. The van der Waals surface area contributed by atoms with Crippen LogP contribution < -0.4 is 0 Å². The van der Waals surface area contributed by atoms with Gasteiger partial charge in [-0.25, -0.2) is 0 Å². The van der Waals surface area contributed by atoms with E-state index in [-0.39, 0.29) is 11.9 Å². The number of hydrogen-bond acceptors (Lipinski definition) is 2. The minimum Gasteiger partial charge on any atom is -0.368 e. The highest BCUT2D eigenvalue weighted by Crippen LogP contribution is 2.13. The third kappa shape index (κ3) is 8.62. The standard InChI is InChI=1S/C6H14Cl2O2Si/c1-5(10-11(7)8)9-6(2,3)4/h5,11H,1-4H3. The molecule has 0 bridgehead atoms. The summed E-state index contributed by atoms with van der Waals surface area (Å²) >= 11 is 11.0. The third-order valence-electron chi connectivity index (χ3n) is 0.814. The number of halogens is 2. The molecule has 2 nitrogen and oxygen atoms in total. The molecular weight excluding hydrogens is 203 g/mol. The van der Waals surface area contributed by atoms with Gasteiger partial charge < -0.3 is 9.16 Å². The topological polar surface area (TPSA) is 18.5 Å². The molecule has 0 aliphatic heterocycles. The van der Waals surface area contributed by atoms with Gasteiger partial charge in [-0.2, -0.15) is 0 Å². The van der Waals surface area contributed by atoms with Gasteiger partial charge in [-0.3, -0.25) is 0 Å². The largest absolute Gasteiger partial charge is 0.375 e. The molecule has 5 heteroatoms. The first-order valence-electron chi connectivity index (χ1n) is 3.43. The summed E-state index contributed by atoms with van der Waals surface area (Å²) < 4.78 is 10.5. The molecule has 0 N–H and O–H groups in total. The van der Waals surface area contributed by atoms with Gasteiger partial charge in [0.1, 0.15) is 6.29 Å². The summed E-state index contributed by atoms with van der Waals surface area (Å²) in [6.07, 6.45) is -0.318. The molecule has 0 heterocycles. The molecule has 0 saturated carbocycles. The van der Waals surface area contributed by atoms with Crippen LogP contribution in [0.15, 0.2) is 0 Å². The highest BCUT2D eigenvalue weighted by Gasteiger charge is 2.17. The quantitative estimate of drug-likeness (QED) is 0.410. The smallest absolute Gasteiger partial charge is 0.368 e. The molecule has 1 unspecified atom stereocenters. The lowest BCUT2D eigenvalue weighted by Gasteiger charge is -2.25. The Morgan fingerprint density at radius 3 is 2.00 bits per heavy atom. The fourth-order valence-electron chi connectivity index (χ4n) is 0.671. The van der Waals surface area contributed by atoms with Crippen molar-refractivity contribution in [1.29, 1.82) is 0 Å². The molecule has 0 aromatic rings. The molecule has 0 aliphatic carbocycles. The zero-order chi connectivity index (χ0) is 9.07. The minimum absolute atomic E-state index is 0.212. The van der Waals surface area contributed by atoms with Crippen LogP contribution in [0.3, 0.4) is 0 Å². The van der Waals surface area contributed by atoms with Crippen molar-refractivity contribution in [3.05, 3.63) is 0 Å². The van der Waals surface area contributed by atoms with Crippen molar-refractivity contribution in [3.8, 4) is 0 Å². The molecule has 0 spiro atoms. The molecule has 0 amide bonds. The summed E-state index contributed by atoms with van der Waals surface area (Å²) in [5.41, 5.74) is -0.212. The van der Waals surface area contributed by atoms with Gasteiger partial charge in [-0.05, 0) is 27.7 Å². The van der Waals surface area contributed by atoms with Crippen molar-refractivity contribution in [1.82, 2.24) is 0 Å². The molecule has 0 aromatic heterocycles. The highest BCUT2D eigenvalue weighted by molar-refractivity contribution is 7.30. The van der Waals surface area contributed by atoms with Crippen LogP contribution in [0.1, 0.15) is 27.7 Å². The van der Waals surface area contributed by atoms with Crippen LogP contribution in [-0.2, 0) is 9.16 Å². The van der Waals surface area contributed by atoms with Crippen LogP contribution in [-0.4, -0.2) is 19.6 Å². The van der Waals surface area contributed by atoms with Crippen LogP contribution in [0.2, 0.25) is 0 Å². The van der Waals surface area contributed by atoms with E-state index >= 15 is 0 Å². The van der Waals surface area contributed by atoms with E-state index in [1.165, 1.54) is 0 Å². The summed E-state index contributed by atoms with van der Waals surface area (Å²) in [4.78, 5) is 0. The fourth-order valence-corrected chi connectivity index (χ4v) is 1.89. The highest BCUT2D eigenvalue weighted by atomic mass is 35.7. The molecule has 0 fully saturated rings. The first-order chi connectivity index (χ1) is 4.81. The number of hydrogen-bond donors (Lipinski definition) is 0. The third-order valence-corrected chi connectivity index (χ3v) is 2.02. The normalized spacial score (nSPS) is 15.5. The molecule has 1 atom stereocenters. The van der Waals surface area contributed by atoms with E-state index in [1.807, 2.05) is 20.8 Å². The van der Waals surface area contributed by atoms with Gasteiger partial charge in [0.25, 0.3) is 0 Å². The van der Waals surface area contributed by atoms with Crippen molar-refractivity contribution in [3.63, 3.8) is 0 Å². The zero-order valence-electron chi connectivity index (χ0n) is 7.23. The van der Waals surface area contributed by atoms with E-state index in [9.17, 15) is 0 Å². The first kappa shape index (κ1) is 11.7. The van der Waals surface area contributed by atoms with Gasteiger partial charge in [0.15, 0.2) is 0 Å². The Kier molecular flexibility index (Phi) is 4.98. The van der Waals surface area contributed by atoms with E-state index in [0.29, 0.717) is 0 Å². The summed E-state index contributed by atoms with van der Waals surface area (Å²) in [7, 11) is -2.00. The average Bonchev–Trinajstić information content (AvgIpc) is 1.53. The van der Waals surface area contributed by atoms with Crippen molar-refractivity contribution < 1.29 is 9.16 Å². The Morgan fingerprint density at radius 1 is 1.27 bits per heavy atom. The van der Waals surface area contributed by atoms with Crippen molar-refractivity contribution in [2.45, 2.75) is 39.6 Å². The summed E-state index contributed by atoms with van der Waals surface area (Å²) in [6.45, 7) is 7.64. The minimum atomic E-state index is -2.00. The lowest BCUT2D eigenvalue weighted by Crippen LogP contribution is -2.29. The van der Waals surface area contributed by atoms with E-state index in [0.717, 1.165) is 0 Å². The molecule has 0 rings (SSSR count). The molecule has 0 saturated heterocycles. The van der Waals surface area contributed by atoms with Gasteiger partial charge in [0, 0.05) is 0 Å². The van der Waals surface area contributed by atoms with Gasteiger partial charge in [0.05, 0.1) is 5.60 Å². The van der Waals surface area contributed by atoms with Gasteiger partial charge in [-0.15, -0.1) is 22.2 Å². The lowest BCUT2D eigenvalue weighted by atomic mass is 10.2. The van der Waals surface area contributed by atoms with Crippen molar-refractivity contribution in [2.24, 2.45) is 0 Å². The maximum Gasteiger partial charge on any atom is 0.375 e. The molecule has 11 heavy (non-hydrogen) atoms. The SMILES string of the molecule is CC(O[SiH](Cl)Cl)OC(C)(C)C. The second-order valence-corrected chi connectivity index (χ2v) is 7.04. The van der Waals surface area contributed by atoms with Gasteiger partial charge >= 0.3 is 7.66 Å². The predicted octanol–water partition coefficient (Wildman–Crippen LogP) is 2.36. The Bertz CT molecular complexity index is 114.